The Morgan fingerprint density at radius 2 is 1.78 bits per heavy atom. The molecule has 6 heteroatoms. The topological polar surface area (TPSA) is 48.7 Å². The smallest absolute Gasteiger partial charge is 0.287 e. The zero-order chi connectivity index (χ0) is 17.0. The first kappa shape index (κ1) is 17.6. The number of hydrogen-bond acceptors (Lipinski definition) is 4. The highest BCUT2D eigenvalue weighted by Crippen LogP contribution is 2.21. The van der Waals surface area contributed by atoms with Crippen LogP contribution in [0.4, 0.5) is 5.69 Å². The third-order valence-corrected chi connectivity index (χ3v) is 4.10. The Morgan fingerprint density at radius 3 is 2.26 bits per heavy atom. The monoisotopic (exact) mass is 379 g/mol. The molecule has 1 atom stereocenters. The van der Waals surface area contributed by atoms with Gasteiger partial charge in [0.05, 0.1) is 6.04 Å². The van der Waals surface area contributed by atoms with E-state index in [1.807, 2.05) is 28.2 Å². The largest absolute Gasteiger partial charge is 0.444 e. The second-order valence-electron chi connectivity index (χ2n) is 5.78. The minimum absolute atomic E-state index is 0.0913. The molecule has 0 aliphatic carbocycles. The summed E-state index contributed by atoms with van der Waals surface area (Å²) in [5.41, 5.74) is 2.30. The third-order valence-electron chi connectivity index (χ3n) is 3.67. The van der Waals surface area contributed by atoms with Gasteiger partial charge in [-0.3, -0.25) is 4.79 Å². The molecule has 2 aromatic rings. The molecule has 0 spiro atoms. The van der Waals surface area contributed by atoms with Gasteiger partial charge in [0, 0.05) is 26.3 Å². The van der Waals surface area contributed by atoms with Crippen LogP contribution in [0.3, 0.4) is 0 Å². The zero-order valence-corrected chi connectivity index (χ0v) is 15.4. The molecule has 124 valence electrons. The van der Waals surface area contributed by atoms with Crippen LogP contribution in [-0.4, -0.2) is 45.5 Å². The summed E-state index contributed by atoms with van der Waals surface area (Å²) in [6.07, 6.45) is 0. The number of nitrogens with zero attached hydrogens (tertiary/aromatic N) is 2. The maximum Gasteiger partial charge on any atom is 0.287 e. The molecule has 1 aromatic carbocycles. The summed E-state index contributed by atoms with van der Waals surface area (Å²) < 4.78 is 5.82. The molecule has 5 nitrogen and oxygen atoms in total. The van der Waals surface area contributed by atoms with E-state index in [4.69, 9.17) is 4.42 Å². The van der Waals surface area contributed by atoms with Crippen LogP contribution in [0.25, 0.3) is 0 Å². The first-order valence-electron chi connectivity index (χ1n) is 7.35. The van der Waals surface area contributed by atoms with Gasteiger partial charge in [0.25, 0.3) is 5.91 Å². The fourth-order valence-electron chi connectivity index (χ4n) is 2.31. The van der Waals surface area contributed by atoms with E-state index in [9.17, 15) is 4.79 Å². The van der Waals surface area contributed by atoms with Gasteiger partial charge in [-0.15, -0.1) is 0 Å². The van der Waals surface area contributed by atoms with E-state index in [2.05, 4.69) is 55.3 Å². The number of hydrogen-bond donors (Lipinski definition) is 1. The van der Waals surface area contributed by atoms with Crippen molar-refractivity contribution in [2.75, 3.05) is 39.6 Å². The van der Waals surface area contributed by atoms with Crippen LogP contribution in [0.15, 0.2) is 45.5 Å². The number of carbonyl (C=O) groups is 1. The molecule has 1 heterocycles. The Labute approximate surface area is 145 Å². The normalized spacial score (nSPS) is 12.3. The van der Waals surface area contributed by atoms with E-state index in [0.717, 1.165) is 11.3 Å². The van der Waals surface area contributed by atoms with Crippen molar-refractivity contribution < 1.29 is 9.21 Å². The van der Waals surface area contributed by atoms with Gasteiger partial charge in [0.1, 0.15) is 0 Å². The lowest BCUT2D eigenvalue weighted by atomic mass is 10.1. The van der Waals surface area contributed by atoms with Crippen LogP contribution in [0.2, 0.25) is 0 Å². The van der Waals surface area contributed by atoms with Crippen molar-refractivity contribution in [1.82, 2.24) is 10.2 Å². The number of amides is 1. The average molecular weight is 380 g/mol. The molecule has 1 aromatic heterocycles. The van der Waals surface area contributed by atoms with Crippen LogP contribution < -0.4 is 10.2 Å². The lowest BCUT2D eigenvalue weighted by Crippen LogP contribution is -2.34. The second kappa shape index (κ2) is 7.66. The lowest BCUT2D eigenvalue weighted by Gasteiger charge is -2.25. The van der Waals surface area contributed by atoms with Gasteiger partial charge >= 0.3 is 0 Å². The lowest BCUT2D eigenvalue weighted by molar-refractivity contribution is 0.0913. The summed E-state index contributed by atoms with van der Waals surface area (Å²) in [6, 6.07) is 11.8. The third kappa shape index (κ3) is 4.59. The van der Waals surface area contributed by atoms with Gasteiger partial charge < -0.3 is 19.5 Å². The minimum Gasteiger partial charge on any atom is -0.444 e. The molecule has 1 N–H and O–H groups in total. The quantitative estimate of drug-likeness (QED) is 0.837. The van der Waals surface area contributed by atoms with E-state index in [-0.39, 0.29) is 11.9 Å². The summed E-state index contributed by atoms with van der Waals surface area (Å²) in [6.45, 7) is 0.505. The Morgan fingerprint density at radius 1 is 1.13 bits per heavy atom. The predicted octanol–water partition coefficient (Wildman–Crippen LogP) is 3.14. The molecular formula is C17H22BrN3O2. The first-order valence-corrected chi connectivity index (χ1v) is 8.15. The Hall–Kier alpha value is -1.79. The molecule has 0 aliphatic rings. The van der Waals surface area contributed by atoms with Gasteiger partial charge in [-0.2, -0.15) is 0 Å². The van der Waals surface area contributed by atoms with Gasteiger partial charge in [0.2, 0.25) is 0 Å². The van der Waals surface area contributed by atoms with Gasteiger partial charge in [-0.05, 0) is 59.9 Å². The molecule has 0 saturated heterocycles. The van der Waals surface area contributed by atoms with Crippen molar-refractivity contribution in [3.05, 3.63) is 52.4 Å². The summed E-state index contributed by atoms with van der Waals surface area (Å²) in [5.74, 6) is 0.0878. The van der Waals surface area contributed by atoms with Gasteiger partial charge in [-0.1, -0.05) is 12.1 Å². The zero-order valence-electron chi connectivity index (χ0n) is 13.8. The summed E-state index contributed by atoms with van der Waals surface area (Å²) in [5, 5.41) is 2.92. The van der Waals surface area contributed by atoms with Crippen molar-refractivity contribution in [1.29, 1.82) is 0 Å². The molecule has 0 aliphatic heterocycles. The summed E-state index contributed by atoms with van der Waals surface area (Å²) >= 11 is 3.20. The van der Waals surface area contributed by atoms with Crippen LogP contribution in [-0.2, 0) is 0 Å². The second-order valence-corrected chi connectivity index (χ2v) is 6.56. The maximum atomic E-state index is 12.1. The molecule has 23 heavy (non-hydrogen) atoms. The number of likely N-dealkylation sites (N-methyl/N-ethyl adjacent to an activating group) is 1. The van der Waals surface area contributed by atoms with E-state index in [1.54, 1.807) is 12.1 Å². The van der Waals surface area contributed by atoms with Crippen LogP contribution in [0.5, 0.6) is 0 Å². The predicted molar refractivity (Wildman–Crippen MR) is 95.9 cm³/mol. The number of anilines is 1. The average Bonchev–Trinajstić information content (AvgIpc) is 2.94. The standard InChI is InChI=1S/C17H22BrN3O2/c1-20(2)13-7-5-12(6-8-13)14(21(3)4)11-19-17(22)15-9-10-16(18)23-15/h5-10,14H,11H2,1-4H3,(H,19,22)/t14-/m1/s1. The number of benzene rings is 1. The van der Waals surface area contributed by atoms with E-state index < -0.39 is 0 Å². The van der Waals surface area contributed by atoms with Crippen molar-refractivity contribution >= 4 is 27.5 Å². The molecule has 1 amide bonds. The SMILES string of the molecule is CN(C)c1ccc([C@@H](CNC(=O)c2ccc(Br)o2)N(C)C)cc1. The molecule has 0 fully saturated rings. The Kier molecular flexibility index (Phi) is 5.85. The summed E-state index contributed by atoms with van der Waals surface area (Å²) in [7, 11) is 8.03. The van der Waals surface area contributed by atoms with Gasteiger partial charge in [0.15, 0.2) is 10.4 Å². The number of nitrogens with one attached hydrogen (secondary N) is 1. The molecule has 2 rings (SSSR count). The fraction of sp³-hybridized carbons (Fsp3) is 0.353. The van der Waals surface area contributed by atoms with Crippen molar-refractivity contribution in [3.8, 4) is 0 Å². The fourth-order valence-corrected chi connectivity index (χ4v) is 2.61. The van der Waals surface area contributed by atoms with Gasteiger partial charge in [-0.25, -0.2) is 0 Å². The summed E-state index contributed by atoms with van der Waals surface area (Å²) in [4.78, 5) is 16.3. The number of halogens is 1. The van der Waals surface area contributed by atoms with Crippen LogP contribution in [0, 0.1) is 0 Å². The van der Waals surface area contributed by atoms with Crippen LogP contribution in [0.1, 0.15) is 22.2 Å². The van der Waals surface area contributed by atoms with E-state index in [0.29, 0.717) is 17.0 Å². The highest BCUT2D eigenvalue weighted by Gasteiger charge is 2.17. The number of furan rings is 1. The minimum atomic E-state index is -0.215. The highest BCUT2D eigenvalue weighted by atomic mass is 79.9. The van der Waals surface area contributed by atoms with Crippen LogP contribution >= 0.6 is 15.9 Å². The molecular weight excluding hydrogens is 358 g/mol. The maximum absolute atomic E-state index is 12.1. The number of carbonyl (C=O) groups excluding carboxylic acids is 1. The van der Waals surface area contributed by atoms with E-state index in [1.165, 1.54) is 0 Å². The molecule has 0 bridgehead atoms. The highest BCUT2D eigenvalue weighted by molar-refractivity contribution is 9.10. The molecule has 0 saturated carbocycles. The number of rotatable bonds is 6. The van der Waals surface area contributed by atoms with E-state index >= 15 is 0 Å². The molecule has 0 radical (unpaired) electrons. The van der Waals surface area contributed by atoms with Crippen molar-refractivity contribution in [3.63, 3.8) is 0 Å². The van der Waals surface area contributed by atoms with Crippen molar-refractivity contribution in [2.45, 2.75) is 6.04 Å². The first-order chi connectivity index (χ1) is 10.9. The molecule has 0 unspecified atom stereocenters. The Balaban J connectivity index is 2.05. The van der Waals surface area contributed by atoms with Crippen molar-refractivity contribution in [2.24, 2.45) is 0 Å². The Bertz CT molecular complexity index is 650.